The maximum absolute atomic E-state index is 13.2. The zero-order valence-corrected chi connectivity index (χ0v) is 23.4. The fourth-order valence-corrected chi connectivity index (χ4v) is 5.63. The summed E-state index contributed by atoms with van der Waals surface area (Å²) in [4.78, 5) is 19.5. The average molecular weight is 593 g/mol. The van der Waals surface area contributed by atoms with Crippen molar-refractivity contribution >= 4 is 44.9 Å². The van der Waals surface area contributed by atoms with Gasteiger partial charge in [-0.1, -0.05) is 22.0 Å². The molecule has 0 bridgehead atoms. The number of benzene rings is 2. The number of anilines is 1. The van der Waals surface area contributed by atoms with E-state index in [2.05, 4.69) is 73.1 Å². The van der Waals surface area contributed by atoms with Gasteiger partial charge in [0.25, 0.3) is 0 Å². The minimum absolute atomic E-state index is 0.161. The van der Waals surface area contributed by atoms with E-state index in [1.165, 1.54) is 12.1 Å². The van der Waals surface area contributed by atoms with Crippen LogP contribution in [-0.2, 0) is 4.79 Å². The minimum Gasteiger partial charge on any atom is -0.352 e. The molecule has 0 saturated carbocycles. The van der Waals surface area contributed by atoms with Crippen molar-refractivity contribution in [2.45, 2.75) is 32.4 Å². The molecule has 2 N–H and O–H groups in total. The van der Waals surface area contributed by atoms with Gasteiger partial charge in [0.2, 0.25) is 5.91 Å². The van der Waals surface area contributed by atoms with Crippen molar-refractivity contribution in [1.29, 1.82) is 0 Å². The molecule has 1 amide bonds. The van der Waals surface area contributed by atoms with E-state index in [-0.39, 0.29) is 30.2 Å². The molecule has 1 aliphatic heterocycles. The van der Waals surface area contributed by atoms with Gasteiger partial charge in [-0.3, -0.25) is 9.78 Å². The number of carbonyl (C=O) groups excluding carboxylic acids is 1. The molecule has 0 aliphatic carbocycles. The highest BCUT2D eigenvalue weighted by Gasteiger charge is 2.41. The summed E-state index contributed by atoms with van der Waals surface area (Å²) < 4.78 is 16.5. The topological polar surface area (TPSA) is 62.2 Å². The van der Waals surface area contributed by atoms with Crippen molar-refractivity contribution in [1.82, 2.24) is 19.8 Å². The number of thiocarbonyl (C=S) groups is 1. The van der Waals surface area contributed by atoms with Crippen LogP contribution in [0.4, 0.5) is 10.1 Å². The van der Waals surface area contributed by atoms with Gasteiger partial charge in [-0.15, -0.1) is 0 Å². The molecule has 1 saturated heterocycles. The average Bonchev–Trinajstić information content (AvgIpc) is 3.39. The molecule has 0 radical (unpaired) electrons. The molecule has 3 heterocycles. The Kier molecular flexibility index (Phi) is 7.58. The maximum atomic E-state index is 13.2. The molecular formula is C29H27BrFN5OS. The Labute approximate surface area is 235 Å². The monoisotopic (exact) mass is 591 g/mol. The van der Waals surface area contributed by atoms with Crippen molar-refractivity contribution in [3.63, 3.8) is 0 Å². The van der Waals surface area contributed by atoms with Crippen molar-refractivity contribution < 1.29 is 9.18 Å². The van der Waals surface area contributed by atoms with Crippen LogP contribution in [0.1, 0.15) is 41.1 Å². The highest BCUT2D eigenvalue weighted by Crippen LogP contribution is 2.41. The maximum Gasteiger partial charge on any atom is 0.226 e. The number of nitrogens with zero attached hydrogens (tertiary/aromatic N) is 3. The van der Waals surface area contributed by atoms with Crippen LogP contribution in [0, 0.1) is 19.7 Å². The summed E-state index contributed by atoms with van der Waals surface area (Å²) in [5.41, 5.74) is 5.83. The summed E-state index contributed by atoms with van der Waals surface area (Å²) in [6, 6.07) is 21.7. The third kappa shape index (κ3) is 5.35. The second kappa shape index (κ2) is 11.0. The van der Waals surface area contributed by atoms with E-state index in [0.717, 1.165) is 32.8 Å². The van der Waals surface area contributed by atoms with Crippen molar-refractivity contribution in [3.8, 4) is 5.69 Å². The van der Waals surface area contributed by atoms with Gasteiger partial charge in [0.1, 0.15) is 5.82 Å². The van der Waals surface area contributed by atoms with Gasteiger partial charge in [-0.2, -0.15) is 0 Å². The standard InChI is InChI=1S/C29H27BrFN5OS/c1-18-17-24(19(2)36(18)23-12-6-20(30)7-13-23)28-27(25-5-3-4-15-32-25)34-29(38)35(28)16-14-26(37)33-22-10-8-21(31)9-11-22/h3-13,15,17,27-28H,14,16H2,1-2H3,(H,33,37)(H,34,38)/t27-,28-/m1/s1. The van der Waals surface area contributed by atoms with Crippen LogP contribution in [0.25, 0.3) is 5.69 Å². The fraction of sp³-hybridized carbons (Fsp3) is 0.207. The Balaban J connectivity index is 1.46. The predicted molar refractivity (Wildman–Crippen MR) is 155 cm³/mol. The quantitative estimate of drug-likeness (QED) is 0.244. The molecule has 6 nitrogen and oxygen atoms in total. The number of hydrogen-bond acceptors (Lipinski definition) is 3. The summed E-state index contributed by atoms with van der Waals surface area (Å²) in [5, 5.41) is 6.88. The fourth-order valence-electron chi connectivity index (χ4n) is 5.04. The lowest BCUT2D eigenvalue weighted by molar-refractivity contribution is -0.116. The number of aryl methyl sites for hydroxylation is 1. The number of amides is 1. The van der Waals surface area contributed by atoms with E-state index in [1.54, 1.807) is 18.3 Å². The largest absolute Gasteiger partial charge is 0.352 e. The lowest BCUT2D eigenvalue weighted by atomic mass is 9.96. The summed E-state index contributed by atoms with van der Waals surface area (Å²) in [5.74, 6) is -0.514. The second-order valence-corrected chi connectivity index (χ2v) is 10.6. The van der Waals surface area contributed by atoms with Crippen molar-refractivity contribution in [2.24, 2.45) is 0 Å². The Morgan fingerprint density at radius 2 is 1.84 bits per heavy atom. The van der Waals surface area contributed by atoms with E-state index in [9.17, 15) is 9.18 Å². The summed E-state index contributed by atoms with van der Waals surface area (Å²) in [7, 11) is 0. The van der Waals surface area contributed by atoms with Crippen LogP contribution in [0.3, 0.4) is 0 Å². The van der Waals surface area contributed by atoms with Crippen LogP contribution in [0.5, 0.6) is 0 Å². The van der Waals surface area contributed by atoms with Crippen LogP contribution < -0.4 is 10.6 Å². The zero-order chi connectivity index (χ0) is 26.8. The van der Waals surface area contributed by atoms with E-state index in [1.807, 2.05) is 30.3 Å². The number of pyridine rings is 1. The van der Waals surface area contributed by atoms with Crippen molar-refractivity contribution in [2.75, 3.05) is 11.9 Å². The zero-order valence-electron chi connectivity index (χ0n) is 21.0. The number of carbonyl (C=O) groups is 1. The molecule has 4 aromatic rings. The van der Waals surface area contributed by atoms with Gasteiger partial charge >= 0.3 is 0 Å². The molecule has 1 aliphatic rings. The normalized spacial score (nSPS) is 16.9. The first-order chi connectivity index (χ1) is 18.3. The van der Waals surface area contributed by atoms with Gasteiger partial charge in [0.15, 0.2) is 5.11 Å². The number of hydrogen-bond donors (Lipinski definition) is 2. The first-order valence-electron chi connectivity index (χ1n) is 12.3. The lowest BCUT2D eigenvalue weighted by Crippen LogP contribution is -2.32. The first kappa shape index (κ1) is 26.1. The van der Waals surface area contributed by atoms with Gasteiger partial charge in [-0.05, 0) is 98.4 Å². The molecule has 194 valence electrons. The Bertz CT molecular complexity index is 1460. The third-order valence-corrected chi connectivity index (χ3v) is 7.66. The smallest absolute Gasteiger partial charge is 0.226 e. The van der Waals surface area contributed by atoms with E-state index < -0.39 is 0 Å². The van der Waals surface area contributed by atoms with Gasteiger partial charge in [0.05, 0.1) is 17.8 Å². The molecule has 2 atom stereocenters. The number of halogens is 2. The molecule has 38 heavy (non-hydrogen) atoms. The molecular weight excluding hydrogens is 565 g/mol. The molecule has 0 spiro atoms. The molecule has 2 aromatic carbocycles. The van der Waals surface area contributed by atoms with Gasteiger partial charge in [0, 0.05) is 46.4 Å². The van der Waals surface area contributed by atoms with E-state index in [0.29, 0.717) is 17.3 Å². The molecule has 9 heteroatoms. The number of nitrogens with one attached hydrogen (secondary N) is 2. The van der Waals surface area contributed by atoms with Crippen LogP contribution >= 0.6 is 28.1 Å². The Morgan fingerprint density at radius 3 is 2.53 bits per heavy atom. The van der Waals surface area contributed by atoms with Gasteiger partial charge in [-0.25, -0.2) is 4.39 Å². The first-order valence-corrected chi connectivity index (χ1v) is 13.5. The molecule has 2 aromatic heterocycles. The molecule has 0 unspecified atom stereocenters. The summed E-state index contributed by atoms with van der Waals surface area (Å²) in [6.45, 7) is 4.62. The number of aromatic nitrogens is 2. The lowest BCUT2D eigenvalue weighted by Gasteiger charge is -2.28. The second-order valence-electron chi connectivity index (χ2n) is 9.26. The minimum atomic E-state index is -0.347. The van der Waals surface area contributed by atoms with E-state index >= 15 is 0 Å². The van der Waals surface area contributed by atoms with Crippen molar-refractivity contribution in [3.05, 3.63) is 112 Å². The Morgan fingerprint density at radius 1 is 1.11 bits per heavy atom. The predicted octanol–water partition coefficient (Wildman–Crippen LogP) is 6.39. The Hall–Kier alpha value is -3.56. The van der Waals surface area contributed by atoms with Crippen LogP contribution in [-0.4, -0.2) is 32.0 Å². The van der Waals surface area contributed by atoms with E-state index in [4.69, 9.17) is 12.2 Å². The third-order valence-electron chi connectivity index (χ3n) is 6.78. The highest BCUT2D eigenvalue weighted by molar-refractivity contribution is 9.10. The van der Waals surface area contributed by atoms with Crippen LogP contribution in [0.2, 0.25) is 0 Å². The molecule has 5 rings (SSSR count). The van der Waals surface area contributed by atoms with Crippen LogP contribution in [0.15, 0.2) is 83.5 Å². The summed E-state index contributed by atoms with van der Waals surface area (Å²) in [6.07, 6.45) is 2.00. The number of rotatable bonds is 7. The molecule has 1 fully saturated rings. The van der Waals surface area contributed by atoms with Gasteiger partial charge < -0.3 is 20.1 Å². The highest BCUT2D eigenvalue weighted by atomic mass is 79.9. The summed E-state index contributed by atoms with van der Waals surface area (Å²) >= 11 is 9.30. The SMILES string of the molecule is Cc1cc([C@@H]2[C@@H](c3ccccn3)NC(=S)N2CCC(=O)Nc2ccc(F)cc2)c(C)n1-c1ccc(Br)cc1.